The lowest BCUT2D eigenvalue weighted by Gasteiger charge is -2.46. The Morgan fingerprint density at radius 1 is 0.681 bits per heavy atom. The molecular weight excluding hydrogens is 1050 g/mol. The molecule has 0 bridgehead atoms. The lowest BCUT2D eigenvalue weighted by Crippen LogP contribution is -2.51. The molecule has 10 atom stereocenters. The molecule has 412 valence electrons. The van der Waals surface area contributed by atoms with Crippen molar-refractivity contribution in [1.29, 1.82) is 0 Å². The molecule has 10 nitrogen and oxygen atoms in total. The monoisotopic (exact) mass is 1150 g/mol. The Morgan fingerprint density at radius 3 is 1.61 bits per heavy atom. The summed E-state index contributed by atoms with van der Waals surface area (Å²) in [6, 6.07) is 15.8. The van der Waals surface area contributed by atoms with Crippen LogP contribution in [0.15, 0.2) is 70.8 Å². The highest BCUT2D eigenvalue weighted by Gasteiger charge is 2.48. The lowest BCUT2D eigenvalue weighted by atomic mass is 9.92. The van der Waals surface area contributed by atoms with Gasteiger partial charge in [-0.15, -0.1) is 0 Å². The van der Waals surface area contributed by atoms with Gasteiger partial charge in [0.15, 0.2) is 14.1 Å². The minimum atomic E-state index is -2.29. The standard InChI is InChI=1S/C59H101IO10Si2/c1-40(2)57(70-71(18,19)58(11,12)13)45(10)20-25-52-35-55(68-59(14,15)67-52)36-53(65-38-46-21-26-50(63-16)27-22-46)33-48(61)32-49(62)34-54(66-39-47-23-28-51(64-17)29-24-47)37-56(44(9)30-31-60)69-72(41(3)4,42(5)6)43(7)8/h20-31,40-45,48-49,52-57,61-62H,32-39H2,1-19H3/b25-20?,31-30-/t44-,45-,48+,49+,52-,53-,54+,55-,56+,57-/m0/s1. The van der Waals surface area contributed by atoms with E-state index in [9.17, 15) is 10.2 Å². The molecule has 0 amide bonds. The average Bonchev–Trinajstić information content (AvgIpc) is 3.28. The molecule has 3 rings (SSSR count). The molecule has 72 heavy (non-hydrogen) atoms. The van der Waals surface area contributed by atoms with Crippen molar-refractivity contribution in [3.8, 4) is 11.5 Å². The minimum absolute atomic E-state index is 0.0886. The zero-order valence-corrected chi connectivity index (χ0v) is 52.4. The van der Waals surface area contributed by atoms with Gasteiger partial charge in [-0.1, -0.05) is 155 Å². The second kappa shape index (κ2) is 29.8. The van der Waals surface area contributed by atoms with E-state index in [2.05, 4.69) is 148 Å². The molecule has 2 N–H and O–H groups in total. The van der Waals surface area contributed by atoms with Gasteiger partial charge in [0.1, 0.15) is 11.5 Å². The molecule has 1 fully saturated rings. The Bertz CT molecular complexity index is 1860. The summed E-state index contributed by atoms with van der Waals surface area (Å²) in [5.41, 5.74) is 3.25. The first-order chi connectivity index (χ1) is 33.6. The smallest absolute Gasteiger partial charge is 0.200 e. The van der Waals surface area contributed by atoms with Crippen molar-refractivity contribution in [2.45, 2.75) is 245 Å². The van der Waals surface area contributed by atoms with Gasteiger partial charge in [-0.05, 0) is 132 Å². The lowest BCUT2D eigenvalue weighted by molar-refractivity contribution is -0.294. The number of aliphatic hydroxyl groups excluding tert-OH is 2. The first kappa shape index (κ1) is 64.7. The molecule has 0 aliphatic carbocycles. The number of methoxy groups -OCH3 is 2. The van der Waals surface area contributed by atoms with Gasteiger partial charge < -0.3 is 47.5 Å². The van der Waals surface area contributed by atoms with Crippen molar-refractivity contribution in [3.05, 3.63) is 82.0 Å². The van der Waals surface area contributed by atoms with E-state index < -0.39 is 34.6 Å². The molecule has 1 saturated heterocycles. The molecule has 13 heteroatoms. The number of aliphatic hydroxyl groups is 2. The Morgan fingerprint density at radius 2 is 1.17 bits per heavy atom. The molecule has 1 heterocycles. The van der Waals surface area contributed by atoms with Crippen LogP contribution in [-0.4, -0.2) is 95.7 Å². The summed E-state index contributed by atoms with van der Waals surface area (Å²) in [4.78, 5) is 0. The van der Waals surface area contributed by atoms with Crippen molar-refractivity contribution in [2.75, 3.05) is 14.2 Å². The average molecular weight is 1150 g/mol. The third-order valence-corrected chi connectivity index (χ3v) is 26.4. The van der Waals surface area contributed by atoms with Gasteiger partial charge in [-0.3, -0.25) is 0 Å². The highest BCUT2D eigenvalue weighted by atomic mass is 127. The Balaban J connectivity index is 1.89. The SMILES string of the molecule is COc1ccc(CO[C@H](C[C@H](O)C[C@@H](O)C[C@@H](C[C@@H]2C[C@H](C=C[C@H](C)[C@@H](O[Si](C)(C)C(C)(C)C)C(C)C)OC(C)(C)O2)OCc2ccc(OC)cc2)C[C@@H](O[Si](C(C)C)(C(C)C)C(C)C)[C@@H](C)/C=C\I)cc1. The van der Waals surface area contributed by atoms with Gasteiger partial charge >= 0.3 is 0 Å². The van der Waals surface area contributed by atoms with Crippen LogP contribution in [0.4, 0.5) is 0 Å². The van der Waals surface area contributed by atoms with E-state index in [4.69, 9.17) is 37.3 Å². The summed E-state index contributed by atoms with van der Waals surface area (Å²) >= 11 is 2.30. The van der Waals surface area contributed by atoms with Crippen molar-refractivity contribution in [1.82, 2.24) is 0 Å². The fourth-order valence-electron chi connectivity index (χ4n) is 10.5. The maximum absolute atomic E-state index is 12.0. The van der Waals surface area contributed by atoms with Crippen LogP contribution in [0.1, 0.15) is 154 Å². The number of rotatable bonds is 31. The summed E-state index contributed by atoms with van der Waals surface area (Å²) in [6.45, 7) is 39.1. The van der Waals surface area contributed by atoms with Crippen LogP contribution in [0, 0.1) is 17.8 Å². The van der Waals surface area contributed by atoms with E-state index in [0.29, 0.717) is 67.9 Å². The molecule has 0 aromatic heterocycles. The predicted octanol–water partition coefficient (Wildman–Crippen LogP) is 15.1. The highest BCUT2D eigenvalue weighted by molar-refractivity contribution is 14.1. The zero-order chi connectivity index (χ0) is 54.2. The number of ether oxygens (including phenoxy) is 6. The number of benzene rings is 2. The fourth-order valence-corrected chi connectivity index (χ4v) is 18.3. The molecule has 0 unspecified atom stereocenters. The number of hydrogen-bond acceptors (Lipinski definition) is 10. The molecule has 0 saturated carbocycles. The zero-order valence-electron chi connectivity index (χ0n) is 48.2. The number of hydrogen-bond donors (Lipinski definition) is 2. The van der Waals surface area contributed by atoms with Crippen LogP contribution in [0.5, 0.6) is 11.5 Å². The molecule has 0 spiro atoms. The van der Waals surface area contributed by atoms with Gasteiger partial charge in [-0.2, -0.15) is 0 Å². The van der Waals surface area contributed by atoms with Crippen LogP contribution in [-0.2, 0) is 41.0 Å². The Labute approximate surface area is 454 Å². The van der Waals surface area contributed by atoms with Crippen molar-refractivity contribution in [3.63, 3.8) is 0 Å². The third-order valence-electron chi connectivity index (χ3n) is 15.4. The molecule has 2 aromatic rings. The highest BCUT2D eigenvalue weighted by Crippen LogP contribution is 2.45. The van der Waals surface area contributed by atoms with Crippen LogP contribution < -0.4 is 9.47 Å². The van der Waals surface area contributed by atoms with E-state index in [1.54, 1.807) is 14.2 Å². The molecule has 2 aromatic carbocycles. The summed E-state index contributed by atoms with van der Waals surface area (Å²) in [5.74, 6) is 1.39. The normalized spacial score (nSPS) is 20.6. The van der Waals surface area contributed by atoms with Gasteiger partial charge in [0, 0.05) is 12.8 Å². The molecule has 1 aliphatic rings. The Hall–Kier alpha value is -1.64. The van der Waals surface area contributed by atoms with E-state index in [-0.39, 0.29) is 59.9 Å². The summed E-state index contributed by atoms with van der Waals surface area (Å²) in [6.07, 6.45) is 6.47. The minimum Gasteiger partial charge on any atom is -0.497 e. The summed E-state index contributed by atoms with van der Waals surface area (Å²) in [5, 5.41) is 24.0. The van der Waals surface area contributed by atoms with E-state index >= 15 is 0 Å². The first-order valence-corrected chi connectivity index (χ1v) is 33.4. The largest absolute Gasteiger partial charge is 0.497 e. The predicted molar refractivity (Wildman–Crippen MR) is 310 cm³/mol. The van der Waals surface area contributed by atoms with Crippen molar-refractivity contribution < 1.29 is 47.5 Å². The van der Waals surface area contributed by atoms with Gasteiger partial charge in [0.2, 0.25) is 8.32 Å². The van der Waals surface area contributed by atoms with Crippen LogP contribution >= 0.6 is 22.6 Å². The van der Waals surface area contributed by atoms with Crippen LogP contribution in [0.2, 0.25) is 34.8 Å². The molecular formula is C59H101IO10Si2. The molecule has 1 aliphatic heterocycles. The second-order valence-corrected chi connectivity index (χ2v) is 34.9. The quantitative estimate of drug-likeness (QED) is 0.0430. The van der Waals surface area contributed by atoms with Crippen LogP contribution in [0.3, 0.4) is 0 Å². The van der Waals surface area contributed by atoms with Gasteiger partial charge in [0.05, 0.1) is 76.3 Å². The van der Waals surface area contributed by atoms with E-state index in [1.807, 2.05) is 62.4 Å². The molecule has 0 radical (unpaired) electrons. The van der Waals surface area contributed by atoms with Crippen LogP contribution in [0.25, 0.3) is 0 Å². The van der Waals surface area contributed by atoms with Crippen molar-refractivity contribution in [2.24, 2.45) is 17.8 Å². The summed E-state index contributed by atoms with van der Waals surface area (Å²) < 4.78 is 54.0. The maximum atomic E-state index is 12.0. The van der Waals surface area contributed by atoms with E-state index in [1.165, 1.54) is 0 Å². The first-order valence-electron chi connectivity index (χ1n) is 27.1. The third kappa shape index (κ3) is 20.4. The number of halogens is 1. The van der Waals surface area contributed by atoms with Gasteiger partial charge in [-0.25, -0.2) is 0 Å². The van der Waals surface area contributed by atoms with Gasteiger partial charge in [0.25, 0.3) is 0 Å². The van der Waals surface area contributed by atoms with Crippen molar-refractivity contribution >= 4 is 39.2 Å². The maximum Gasteiger partial charge on any atom is 0.200 e. The Kier molecular flexibility index (Phi) is 26.7. The topological polar surface area (TPSA) is 114 Å². The van der Waals surface area contributed by atoms with E-state index in [0.717, 1.165) is 22.6 Å². The second-order valence-electron chi connectivity index (χ2n) is 24.1. The summed E-state index contributed by atoms with van der Waals surface area (Å²) in [7, 11) is -0.960. The fraction of sp³-hybridized carbons (Fsp3) is 0.729.